The predicted octanol–water partition coefficient (Wildman–Crippen LogP) is 7.27. The molecule has 1 unspecified atom stereocenters. The van der Waals surface area contributed by atoms with Crippen LogP contribution in [0.1, 0.15) is 24.1 Å². The summed E-state index contributed by atoms with van der Waals surface area (Å²) in [5, 5.41) is 4.88. The second-order valence-corrected chi connectivity index (χ2v) is 10.7. The second kappa shape index (κ2) is 10.4. The van der Waals surface area contributed by atoms with E-state index in [9.17, 15) is 4.79 Å². The van der Waals surface area contributed by atoms with Crippen LogP contribution >= 0.6 is 39.9 Å². The summed E-state index contributed by atoms with van der Waals surface area (Å²) in [6.45, 7) is 2.00. The van der Waals surface area contributed by atoms with Crippen LogP contribution in [0.2, 0.25) is 0 Å². The number of hydrogen-bond acceptors (Lipinski definition) is 5. The Morgan fingerprint density at radius 2 is 1.75 bits per heavy atom. The van der Waals surface area contributed by atoms with Crippen molar-refractivity contribution in [2.24, 2.45) is 0 Å². The molecule has 2 heterocycles. The molecule has 36 heavy (non-hydrogen) atoms. The van der Waals surface area contributed by atoms with Crippen LogP contribution in [0, 0.1) is 0 Å². The minimum atomic E-state index is -0.159. The van der Waals surface area contributed by atoms with Crippen molar-refractivity contribution >= 4 is 56.2 Å². The summed E-state index contributed by atoms with van der Waals surface area (Å²) in [5.41, 5.74) is 4.44. The number of carbonyl (C=O) groups is 1. The van der Waals surface area contributed by atoms with Gasteiger partial charge in [-0.05, 0) is 64.8 Å². The lowest BCUT2D eigenvalue weighted by atomic mass is 10.1. The number of methoxy groups -OCH3 is 1. The standard InChI is InChI=1S/C28H22BrN3O2S2/c1-18(19-9-5-3-6-10-19)32-27(33)25(36-28(32)35)16-21-17-31(22-11-7-4-8-12-22)30-26(21)20-13-14-24(34-2)23(29)15-20/h3-18H,1-2H3. The number of thiocarbonyl (C=S) groups is 1. The van der Waals surface area contributed by atoms with Crippen molar-refractivity contribution in [2.45, 2.75) is 13.0 Å². The fourth-order valence-electron chi connectivity index (χ4n) is 4.08. The maximum absolute atomic E-state index is 13.5. The first-order valence-electron chi connectivity index (χ1n) is 11.3. The largest absolute Gasteiger partial charge is 0.496 e. The van der Waals surface area contributed by atoms with E-state index in [4.69, 9.17) is 22.1 Å². The van der Waals surface area contributed by atoms with E-state index in [1.807, 2.05) is 103 Å². The molecule has 4 aromatic rings. The molecule has 0 radical (unpaired) electrons. The first-order valence-corrected chi connectivity index (χ1v) is 13.3. The Morgan fingerprint density at radius 1 is 1.06 bits per heavy atom. The zero-order chi connectivity index (χ0) is 25.2. The van der Waals surface area contributed by atoms with Gasteiger partial charge in [-0.25, -0.2) is 4.68 Å². The number of aromatic nitrogens is 2. The predicted molar refractivity (Wildman–Crippen MR) is 153 cm³/mol. The number of carbonyl (C=O) groups excluding carboxylic acids is 1. The molecule has 5 rings (SSSR count). The Balaban J connectivity index is 1.56. The first kappa shape index (κ1) is 24.5. The molecule has 0 saturated carbocycles. The van der Waals surface area contributed by atoms with Gasteiger partial charge in [0.1, 0.15) is 15.8 Å². The average molecular weight is 577 g/mol. The summed E-state index contributed by atoms with van der Waals surface area (Å²) in [7, 11) is 1.63. The fourth-order valence-corrected chi connectivity index (χ4v) is 6.03. The number of benzene rings is 3. The smallest absolute Gasteiger partial charge is 0.266 e. The molecule has 1 saturated heterocycles. The van der Waals surface area contributed by atoms with Gasteiger partial charge in [-0.1, -0.05) is 72.5 Å². The van der Waals surface area contributed by atoms with Gasteiger partial charge in [0.2, 0.25) is 0 Å². The van der Waals surface area contributed by atoms with Gasteiger partial charge in [0.15, 0.2) is 0 Å². The number of amides is 1. The fraction of sp³-hybridized carbons (Fsp3) is 0.107. The molecular weight excluding hydrogens is 554 g/mol. The van der Waals surface area contributed by atoms with Gasteiger partial charge >= 0.3 is 0 Å². The van der Waals surface area contributed by atoms with Gasteiger partial charge in [-0.3, -0.25) is 9.69 Å². The molecule has 0 N–H and O–H groups in total. The van der Waals surface area contributed by atoms with E-state index < -0.39 is 0 Å². The molecule has 1 fully saturated rings. The van der Waals surface area contributed by atoms with E-state index in [1.165, 1.54) is 11.8 Å². The third-order valence-corrected chi connectivity index (χ3v) is 7.92. The van der Waals surface area contributed by atoms with Crippen LogP contribution in [0.15, 0.2) is 94.4 Å². The zero-order valence-corrected chi connectivity index (χ0v) is 22.8. The zero-order valence-electron chi connectivity index (χ0n) is 19.6. The lowest BCUT2D eigenvalue weighted by Gasteiger charge is -2.23. The van der Waals surface area contributed by atoms with E-state index in [-0.39, 0.29) is 11.9 Å². The molecule has 5 nitrogen and oxygen atoms in total. The Bertz CT molecular complexity index is 1470. The third kappa shape index (κ3) is 4.76. The SMILES string of the molecule is COc1ccc(-c2nn(-c3ccccc3)cc2C=C2SC(=S)N(C(C)c3ccccc3)C2=O)cc1Br. The molecule has 1 aliphatic heterocycles. The summed E-state index contributed by atoms with van der Waals surface area (Å²) in [6, 6.07) is 25.5. The van der Waals surface area contributed by atoms with Crippen LogP contribution in [-0.2, 0) is 4.79 Å². The van der Waals surface area contributed by atoms with Crippen LogP contribution < -0.4 is 4.74 Å². The third-order valence-electron chi connectivity index (χ3n) is 5.97. The van der Waals surface area contributed by atoms with Crippen LogP contribution in [0.4, 0.5) is 0 Å². The van der Waals surface area contributed by atoms with Crippen molar-refractivity contribution < 1.29 is 9.53 Å². The van der Waals surface area contributed by atoms with E-state index >= 15 is 0 Å². The summed E-state index contributed by atoms with van der Waals surface area (Å²) in [6.07, 6.45) is 3.83. The number of rotatable bonds is 6. The van der Waals surface area contributed by atoms with Gasteiger partial charge in [0, 0.05) is 17.3 Å². The number of thioether (sulfide) groups is 1. The summed E-state index contributed by atoms with van der Waals surface area (Å²) >= 11 is 10.5. The molecule has 0 bridgehead atoms. The number of para-hydroxylation sites is 1. The molecule has 3 aromatic carbocycles. The number of ether oxygens (including phenoxy) is 1. The quantitative estimate of drug-likeness (QED) is 0.179. The topological polar surface area (TPSA) is 47.4 Å². The Labute approximate surface area is 227 Å². The molecular formula is C28H22BrN3O2S2. The molecule has 180 valence electrons. The van der Waals surface area contributed by atoms with Gasteiger partial charge in [-0.15, -0.1) is 0 Å². The molecule has 1 atom stereocenters. The van der Waals surface area contributed by atoms with Crippen LogP contribution in [-0.4, -0.2) is 32.0 Å². The van der Waals surface area contributed by atoms with E-state index in [0.717, 1.165) is 38.3 Å². The minimum absolute atomic E-state index is 0.101. The molecule has 1 aliphatic rings. The lowest BCUT2D eigenvalue weighted by molar-refractivity contribution is -0.123. The Morgan fingerprint density at radius 3 is 2.42 bits per heavy atom. The van der Waals surface area contributed by atoms with E-state index in [2.05, 4.69) is 15.9 Å². The number of hydrogen-bond donors (Lipinski definition) is 0. The Hall–Kier alpha value is -3.20. The van der Waals surface area contributed by atoms with Crippen molar-refractivity contribution in [3.8, 4) is 22.7 Å². The van der Waals surface area contributed by atoms with Crippen molar-refractivity contribution in [1.82, 2.24) is 14.7 Å². The lowest BCUT2D eigenvalue weighted by Crippen LogP contribution is -2.30. The molecule has 0 aliphatic carbocycles. The highest BCUT2D eigenvalue weighted by Crippen LogP contribution is 2.39. The van der Waals surface area contributed by atoms with Crippen molar-refractivity contribution in [3.63, 3.8) is 0 Å². The Kier molecular flexibility index (Phi) is 7.09. The summed E-state index contributed by atoms with van der Waals surface area (Å²) in [4.78, 5) is 15.8. The van der Waals surface area contributed by atoms with Gasteiger partial charge < -0.3 is 4.74 Å². The van der Waals surface area contributed by atoms with Gasteiger partial charge in [0.25, 0.3) is 5.91 Å². The van der Waals surface area contributed by atoms with E-state index in [0.29, 0.717) is 9.23 Å². The van der Waals surface area contributed by atoms with Gasteiger partial charge in [-0.2, -0.15) is 5.10 Å². The van der Waals surface area contributed by atoms with Crippen LogP contribution in [0.5, 0.6) is 5.75 Å². The minimum Gasteiger partial charge on any atom is -0.496 e. The van der Waals surface area contributed by atoms with Crippen molar-refractivity contribution in [3.05, 3.63) is 106 Å². The second-order valence-electron chi connectivity index (χ2n) is 8.20. The monoisotopic (exact) mass is 575 g/mol. The van der Waals surface area contributed by atoms with Crippen molar-refractivity contribution in [1.29, 1.82) is 0 Å². The molecule has 0 spiro atoms. The van der Waals surface area contributed by atoms with Crippen molar-refractivity contribution in [2.75, 3.05) is 7.11 Å². The van der Waals surface area contributed by atoms with Crippen LogP contribution in [0.25, 0.3) is 23.0 Å². The van der Waals surface area contributed by atoms with E-state index in [1.54, 1.807) is 12.0 Å². The average Bonchev–Trinajstić information content (AvgIpc) is 3.45. The van der Waals surface area contributed by atoms with Crippen LogP contribution in [0.3, 0.4) is 0 Å². The highest BCUT2D eigenvalue weighted by Gasteiger charge is 2.36. The molecule has 8 heteroatoms. The highest BCUT2D eigenvalue weighted by atomic mass is 79.9. The number of nitrogens with zero attached hydrogens (tertiary/aromatic N) is 3. The highest BCUT2D eigenvalue weighted by molar-refractivity contribution is 9.10. The summed E-state index contributed by atoms with van der Waals surface area (Å²) < 4.78 is 8.59. The maximum Gasteiger partial charge on any atom is 0.266 e. The summed E-state index contributed by atoms with van der Waals surface area (Å²) in [5.74, 6) is 0.634. The normalized spacial score (nSPS) is 15.5. The number of halogens is 1. The van der Waals surface area contributed by atoms with Gasteiger partial charge in [0.05, 0.1) is 28.2 Å². The first-order chi connectivity index (χ1) is 17.5. The molecule has 1 amide bonds. The maximum atomic E-state index is 13.5. The molecule has 1 aromatic heterocycles.